The van der Waals surface area contributed by atoms with Crippen LogP contribution in [0, 0.1) is 5.41 Å². The first-order valence-corrected chi connectivity index (χ1v) is 5.01. The largest absolute Gasteiger partial charge is 0.274 e. The molecular weight excluding hydrogens is 154 g/mol. The molecule has 0 aromatic carbocycles. The molecule has 0 saturated carbocycles. The molecule has 0 aliphatic heterocycles. The predicted octanol–water partition coefficient (Wildman–Crippen LogP) is 3.32. The fourth-order valence-electron chi connectivity index (χ4n) is 0.962. The molecule has 0 aliphatic rings. The van der Waals surface area contributed by atoms with Crippen LogP contribution >= 0.6 is 11.9 Å². The van der Waals surface area contributed by atoms with Crippen LogP contribution in [0.25, 0.3) is 0 Å². The average Bonchev–Trinajstić information content (AvgIpc) is 1.85. The van der Waals surface area contributed by atoms with E-state index < -0.39 is 0 Å². The maximum atomic E-state index is 5.40. The fraction of sp³-hybridized carbons (Fsp3) is 0.778. The Balaban J connectivity index is 4.22. The molecular formula is C9H19NS. The number of hydrogen-bond donors (Lipinski definition) is 1. The van der Waals surface area contributed by atoms with Crippen LogP contribution in [0.1, 0.15) is 40.5 Å². The Kier molecular flexibility index (Phi) is 4.86. The molecule has 0 radical (unpaired) electrons. The van der Waals surface area contributed by atoms with Crippen LogP contribution < -0.4 is 5.14 Å². The molecule has 0 unspecified atom stereocenters. The van der Waals surface area contributed by atoms with Crippen molar-refractivity contribution in [2.24, 2.45) is 10.6 Å². The van der Waals surface area contributed by atoms with E-state index in [2.05, 4.69) is 33.1 Å². The van der Waals surface area contributed by atoms with Gasteiger partial charge in [0.25, 0.3) is 0 Å². The van der Waals surface area contributed by atoms with E-state index in [1.165, 1.54) is 23.9 Å². The van der Waals surface area contributed by atoms with Crippen molar-refractivity contribution in [1.82, 2.24) is 0 Å². The van der Waals surface area contributed by atoms with Gasteiger partial charge in [-0.15, -0.1) is 0 Å². The number of hydrogen-bond acceptors (Lipinski definition) is 2. The summed E-state index contributed by atoms with van der Waals surface area (Å²) in [5.74, 6) is 0. The topological polar surface area (TPSA) is 26.0 Å². The molecule has 0 aromatic rings. The van der Waals surface area contributed by atoms with Crippen molar-refractivity contribution in [2.45, 2.75) is 40.5 Å². The Labute approximate surface area is 74.6 Å². The molecule has 0 saturated heterocycles. The van der Waals surface area contributed by atoms with Gasteiger partial charge in [0.05, 0.1) is 0 Å². The summed E-state index contributed by atoms with van der Waals surface area (Å²) in [5, 5.41) is 7.47. The van der Waals surface area contributed by atoms with Gasteiger partial charge in [0.1, 0.15) is 0 Å². The minimum absolute atomic E-state index is 0.280. The van der Waals surface area contributed by atoms with E-state index in [-0.39, 0.29) is 5.41 Å². The van der Waals surface area contributed by atoms with E-state index >= 15 is 0 Å². The Hall–Kier alpha value is 0.0500. The van der Waals surface area contributed by atoms with Gasteiger partial charge >= 0.3 is 0 Å². The van der Waals surface area contributed by atoms with Gasteiger partial charge in [-0.05, 0) is 17.2 Å². The third kappa shape index (κ3) is 4.49. The number of rotatable bonds is 3. The zero-order valence-electron chi connectivity index (χ0n) is 7.98. The Bertz CT molecular complexity index is 133. The van der Waals surface area contributed by atoms with E-state index in [9.17, 15) is 0 Å². The SMILES string of the molecule is CCC/C(=C\SN)C(C)(C)C. The van der Waals surface area contributed by atoms with Crippen LogP contribution in [0.3, 0.4) is 0 Å². The average molecular weight is 173 g/mol. The van der Waals surface area contributed by atoms with Crippen molar-refractivity contribution in [3.63, 3.8) is 0 Å². The van der Waals surface area contributed by atoms with Gasteiger partial charge in [0, 0.05) is 0 Å². The second-order valence-electron chi connectivity index (χ2n) is 3.78. The van der Waals surface area contributed by atoms with E-state index in [1.54, 1.807) is 0 Å². The lowest BCUT2D eigenvalue weighted by molar-refractivity contribution is 0.481. The monoisotopic (exact) mass is 173 g/mol. The molecule has 1 nitrogen and oxygen atoms in total. The molecule has 0 amide bonds. The lowest BCUT2D eigenvalue weighted by Crippen LogP contribution is -2.09. The first-order valence-electron chi connectivity index (χ1n) is 4.07. The summed E-state index contributed by atoms with van der Waals surface area (Å²) in [7, 11) is 0. The zero-order chi connectivity index (χ0) is 8.91. The third-order valence-electron chi connectivity index (χ3n) is 1.69. The highest BCUT2D eigenvalue weighted by Gasteiger charge is 2.15. The number of nitrogens with two attached hydrogens (primary N) is 1. The van der Waals surface area contributed by atoms with E-state index in [0.29, 0.717) is 0 Å². The minimum Gasteiger partial charge on any atom is -0.274 e. The molecule has 0 aromatic heterocycles. The van der Waals surface area contributed by atoms with Crippen LogP contribution in [-0.2, 0) is 0 Å². The summed E-state index contributed by atoms with van der Waals surface area (Å²) in [6, 6.07) is 0. The van der Waals surface area contributed by atoms with E-state index in [1.807, 2.05) is 0 Å². The van der Waals surface area contributed by atoms with Crippen molar-refractivity contribution < 1.29 is 0 Å². The maximum absolute atomic E-state index is 5.40. The van der Waals surface area contributed by atoms with Crippen molar-refractivity contribution >= 4 is 11.9 Å². The molecule has 66 valence electrons. The summed E-state index contributed by atoms with van der Waals surface area (Å²) in [6.07, 6.45) is 2.36. The third-order valence-corrected chi connectivity index (χ3v) is 2.11. The smallest absolute Gasteiger partial charge is 0.0141 e. The normalized spacial score (nSPS) is 13.7. The highest BCUT2D eigenvalue weighted by atomic mass is 32.2. The maximum Gasteiger partial charge on any atom is -0.0141 e. The minimum atomic E-state index is 0.280. The van der Waals surface area contributed by atoms with Gasteiger partial charge < -0.3 is 0 Å². The van der Waals surface area contributed by atoms with E-state index in [0.717, 1.165) is 6.42 Å². The van der Waals surface area contributed by atoms with Crippen molar-refractivity contribution in [3.8, 4) is 0 Å². The first-order chi connectivity index (χ1) is 5.02. The second kappa shape index (κ2) is 4.83. The van der Waals surface area contributed by atoms with Crippen molar-refractivity contribution in [1.29, 1.82) is 0 Å². The highest BCUT2D eigenvalue weighted by molar-refractivity contribution is 8.00. The van der Waals surface area contributed by atoms with Gasteiger partial charge in [0.2, 0.25) is 0 Å². The number of allylic oxidation sites excluding steroid dienone is 1. The molecule has 2 N–H and O–H groups in total. The molecule has 11 heavy (non-hydrogen) atoms. The van der Waals surface area contributed by atoms with Gasteiger partial charge in [-0.2, -0.15) is 0 Å². The van der Waals surface area contributed by atoms with Gasteiger partial charge in [0.15, 0.2) is 0 Å². The van der Waals surface area contributed by atoms with Crippen LogP contribution in [0.5, 0.6) is 0 Å². The standard InChI is InChI=1S/C9H19NS/c1-5-6-8(7-11-10)9(2,3)4/h7H,5-6,10H2,1-4H3/b8-7+. The van der Waals surface area contributed by atoms with Crippen LogP contribution in [0.4, 0.5) is 0 Å². The summed E-state index contributed by atoms with van der Waals surface area (Å²) in [4.78, 5) is 0. The first kappa shape index (κ1) is 11.1. The Morgan fingerprint density at radius 1 is 1.45 bits per heavy atom. The fourth-order valence-corrected chi connectivity index (χ4v) is 1.60. The molecule has 0 fully saturated rings. The highest BCUT2D eigenvalue weighted by Crippen LogP contribution is 2.29. The van der Waals surface area contributed by atoms with Crippen molar-refractivity contribution in [3.05, 3.63) is 11.0 Å². The summed E-state index contributed by atoms with van der Waals surface area (Å²) < 4.78 is 0. The Morgan fingerprint density at radius 2 is 2.00 bits per heavy atom. The predicted molar refractivity (Wildman–Crippen MR) is 54.2 cm³/mol. The molecule has 0 spiro atoms. The van der Waals surface area contributed by atoms with Gasteiger partial charge in [-0.25, -0.2) is 0 Å². The summed E-state index contributed by atoms with van der Waals surface area (Å²) >= 11 is 1.31. The van der Waals surface area contributed by atoms with Gasteiger partial charge in [-0.1, -0.05) is 51.6 Å². The van der Waals surface area contributed by atoms with Crippen LogP contribution in [-0.4, -0.2) is 0 Å². The summed E-state index contributed by atoms with van der Waals surface area (Å²) in [6.45, 7) is 8.88. The van der Waals surface area contributed by atoms with E-state index in [4.69, 9.17) is 5.14 Å². The lowest BCUT2D eigenvalue weighted by Gasteiger charge is -2.22. The second-order valence-corrected chi connectivity index (χ2v) is 4.29. The molecule has 2 heteroatoms. The van der Waals surface area contributed by atoms with Crippen LogP contribution in [0.15, 0.2) is 11.0 Å². The molecule has 0 bridgehead atoms. The summed E-state index contributed by atoms with van der Waals surface area (Å²) in [5.41, 5.74) is 1.73. The molecule has 0 heterocycles. The van der Waals surface area contributed by atoms with Gasteiger partial charge in [-0.3, -0.25) is 5.14 Å². The lowest BCUT2D eigenvalue weighted by atomic mass is 9.85. The Morgan fingerprint density at radius 3 is 2.27 bits per heavy atom. The quantitative estimate of drug-likeness (QED) is 0.662. The molecule has 0 rings (SSSR count). The van der Waals surface area contributed by atoms with Crippen molar-refractivity contribution in [2.75, 3.05) is 0 Å². The molecule has 0 aliphatic carbocycles. The van der Waals surface area contributed by atoms with Crippen LogP contribution in [0.2, 0.25) is 0 Å². The zero-order valence-corrected chi connectivity index (χ0v) is 8.79. The molecule has 0 atom stereocenters.